The van der Waals surface area contributed by atoms with Crippen molar-refractivity contribution in [2.24, 2.45) is 5.92 Å². The second kappa shape index (κ2) is 5.73. The van der Waals surface area contributed by atoms with Crippen LogP contribution in [0.3, 0.4) is 0 Å². The summed E-state index contributed by atoms with van der Waals surface area (Å²) < 4.78 is 0. The van der Waals surface area contributed by atoms with Crippen LogP contribution >= 0.6 is 0 Å². The van der Waals surface area contributed by atoms with Gasteiger partial charge in [0.05, 0.1) is 5.60 Å². The molecule has 1 N–H and O–H groups in total. The topological polar surface area (TPSA) is 23.5 Å². The van der Waals surface area contributed by atoms with Crippen LogP contribution in [0.2, 0.25) is 0 Å². The second-order valence-corrected chi connectivity index (χ2v) is 7.41. The second-order valence-electron chi connectivity index (χ2n) is 7.41. The average Bonchev–Trinajstić information content (AvgIpc) is 2.42. The predicted molar refractivity (Wildman–Crippen MR) is 87.5 cm³/mol. The van der Waals surface area contributed by atoms with Gasteiger partial charge in [-0.3, -0.25) is 4.90 Å². The average molecular weight is 287 g/mol. The molecule has 2 unspecified atom stereocenters. The lowest BCUT2D eigenvalue weighted by Gasteiger charge is -2.47. The quantitative estimate of drug-likeness (QED) is 0.895. The van der Waals surface area contributed by atoms with E-state index < -0.39 is 0 Å². The largest absolute Gasteiger partial charge is 0.390 e. The van der Waals surface area contributed by atoms with Gasteiger partial charge in [-0.1, -0.05) is 30.5 Å². The molecule has 1 heterocycles. The van der Waals surface area contributed by atoms with Crippen LogP contribution in [0.1, 0.15) is 54.4 Å². The molecule has 1 aromatic rings. The van der Waals surface area contributed by atoms with Gasteiger partial charge in [-0.2, -0.15) is 0 Å². The van der Waals surface area contributed by atoms with Crippen LogP contribution in [0.4, 0.5) is 0 Å². The summed E-state index contributed by atoms with van der Waals surface area (Å²) in [4.78, 5) is 2.56. The Morgan fingerprint density at radius 2 is 1.86 bits per heavy atom. The van der Waals surface area contributed by atoms with Crippen molar-refractivity contribution in [1.29, 1.82) is 0 Å². The van der Waals surface area contributed by atoms with Gasteiger partial charge in [-0.25, -0.2) is 0 Å². The van der Waals surface area contributed by atoms with E-state index in [1.807, 2.05) is 0 Å². The molecule has 2 aliphatic rings. The fourth-order valence-corrected chi connectivity index (χ4v) is 4.47. The van der Waals surface area contributed by atoms with Crippen molar-refractivity contribution in [3.63, 3.8) is 0 Å². The Kier molecular flexibility index (Phi) is 4.11. The zero-order chi connectivity index (χ0) is 15.0. The van der Waals surface area contributed by atoms with Crippen molar-refractivity contribution in [3.8, 4) is 0 Å². The van der Waals surface area contributed by atoms with Crippen LogP contribution < -0.4 is 0 Å². The van der Waals surface area contributed by atoms with Crippen molar-refractivity contribution in [2.45, 2.75) is 65.0 Å². The molecule has 3 rings (SSSR count). The lowest BCUT2D eigenvalue weighted by molar-refractivity contribution is -0.0968. The van der Waals surface area contributed by atoms with Crippen molar-refractivity contribution >= 4 is 0 Å². The molecule has 2 fully saturated rings. The molecule has 1 aliphatic heterocycles. The predicted octanol–water partition coefficient (Wildman–Crippen LogP) is 3.74. The molecule has 0 amide bonds. The first-order chi connectivity index (χ1) is 9.98. The summed E-state index contributed by atoms with van der Waals surface area (Å²) in [6, 6.07) is 4.59. The first-order valence-electron chi connectivity index (χ1n) is 8.49. The van der Waals surface area contributed by atoms with Crippen LogP contribution in [0.5, 0.6) is 0 Å². The Morgan fingerprint density at radius 1 is 1.14 bits per heavy atom. The maximum Gasteiger partial charge on any atom is 0.0700 e. The molecule has 0 radical (unpaired) electrons. The summed E-state index contributed by atoms with van der Waals surface area (Å²) in [5.41, 5.74) is 5.32. The highest BCUT2D eigenvalue weighted by atomic mass is 16.3. The molecule has 1 saturated heterocycles. The molecule has 1 aliphatic carbocycles. The van der Waals surface area contributed by atoms with Crippen molar-refractivity contribution in [1.82, 2.24) is 4.90 Å². The lowest BCUT2D eigenvalue weighted by atomic mass is 9.71. The summed E-state index contributed by atoms with van der Waals surface area (Å²) in [7, 11) is 0. The van der Waals surface area contributed by atoms with Crippen LogP contribution in [-0.4, -0.2) is 28.7 Å². The van der Waals surface area contributed by atoms with Crippen molar-refractivity contribution in [3.05, 3.63) is 34.4 Å². The lowest BCUT2D eigenvalue weighted by Crippen LogP contribution is -2.53. The molecule has 0 spiro atoms. The van der Waals surface area contributed by atoms with E-state index in [9.17, 15) is 5.11 Å². The third-order valence-corrected chi connectivity index (χ3v) is 5.73. The van der Waals surface area contributed by atoms with E-state index in [0.29, 0.717) is 5.92 Å². The molecular formula is C19H29NO. The minimum absolute atomic E-state index is 0.355. The number of hydrogen-bond acceptors (Lipinski definition) is 2. The first kappa shape index (κ1) is 15.1. The zero-order valence-corrected chi connectivity index (χ0v) is 13.8. The molecule has 116 valence electrons. The maximum atomic E-state index is 10.8. The molecule has 0 aromatic heterocycles. The van der Waals surface area contributed by atoms with E-state index in [-0.39, 0.29) is 5.60 Å². The van der Waals surface area contributed by atoms with Crippen LogP contribution in [0.15, 0.2) is 12.1 Å². The number of benzene rings is 1. The summed E-state index contributed by atoms with van der Waals surface area (Å²) in [6.45, 7) is 9.80. The normalized spacial score (nSPS) is 30.2. The Bertz CT molecular complexity index is 501. The molecule has 21 heavy (non-hydrogen) atoms. The van der Waals surface area contributed by atoms with Crippen molar-refractivity contribution < 1.29 is 5.11 Å². The fraction of sp³-hybridized carbons (Fsp3) is 0.684. The van der Waals surface area contributed by atoms with E-state index >= 15 is 0 Å². The molecular weight excluding hydrogens is 258 g/mol. The van der Waals surface area contributed by atoms with Gasteiger partial charge in [-0.05, 0) is 56.7 Å². The zero-order valence-electron chi connectivity index (χ0n) is 13.8. The number of hydrogen-bond donors (Lipinski definition) is 1. The smallest absolute Gasteiger partial charge is 0.0700 e. The van der Waals surface area contributed by atoms with E-state index in [0.717, 1.165) is 32.5 Å². The number of piperidine rings is 1. The Hall–Kier alpha value is -0.860. The van der Waals surface area contributed by atoms with Gasteiger partial charge in [0.25, 0.3) is 0 Å². The van der Waals surface area contributed by atoms with E-state index in [4.69, 9.17) is 0 Å². The third kappa shape index (κ3) is 3.02. The number of rotatable bonds is 2. The van der Waals surface area contributed by atoms with Gasteiger partial charge in [0, 0.05) is 25.6 Å². The van der Waals surface area contributed by atoms with Gasteiger partial charge in [0.2, 0.25) is 0 Å². The minimum Gasteiger partial charge on any atom is -0.390 e. The molecule has 2 atom stereocenters. The van der Waals surface area contributed by atoms with Gasteiger partial charge >= 0.3 is 0 Å². The summed E-state index contributed by atoms with van der Waals surface area (Å²) in [5, 5.41) is 10.8. The van der Waals surface area contributed by atoms with Gasteiger partial charge in [0.1, 0.15) is 0 Å². The molecule has 0 bridgehead atoms. The Labute approximate surface area is 129 Å². The summed E-state index contributed by atoms with van der Waals surface area (Å²) in [6.07, 6.45) is 5.70. The molecule has 2 nitrogen and oxygen atoms in total. The SMILES string of the molecule is Cc1cc(C)c(CN2CCC3(O)CCCCC3C2)c(C)c1. The number of nitrogens with zero attached hydrogens (tertiary/aromatic N) is 1. The van der Waals surface area contributed by atoms with E-state index in [1.54, 1.807) is 0 Å². The van der Waals surface area contributed by atoms with Gasteiger partial charge in [0.15, 0.2) is 0 Å². The van der Waals surface area contributed by atoms with Gasteiger partial charge in [-0.15, -0.1) is 0 Å². The highest BCUT2D eigenvalue weighted by Crippen LogP contribution is 2.40. The van der Waals surface area contributed by atoms with Crippen molar-refractivity contribution in [2.75, 3.05) is 13.1 Å². The fourth-order valence-electron chi connectivity index (χ4n) is 4.47. The minimum atomic E-state index is -0.355. The highest BCUT2D eigenvalue weighted by Gasteiger charge is 2.42. The number of likely N-dealkylation sites (tertiary alicyclic amines) is 1. The first-order valence-corrected chi connectivity index (χ1v) is 8.49. The van der Waals surface area contributed by atoms with Crippen LogP contribution in [-0.2, 0) is 6.54 Å². The molecule has 1 saturated carbocycles. The van der Waals surface area contributed by atoms with Crippen LogP contribution in [0, 0.1) is 26.7 Å². The number of aliphatic hydroxyl groups is 1. The maximum absolute atomic E-state index is 10.8. The number of fused-ring (bicyclic) bond motifs is 1. The number of aryl methyl sites for hydroxylation is 3. The molecule has 2 heteroatoms. The van der Waals surface area contributed by atoms with E-state index in [1.165, 1.54) is 41.5 Å². The van der Waals surface area contributed by atoms with Gasteiger partial charge < -0.3 is 5.11 Å². The highest BCUT2D eigenvalue weighted by molar-refractivity contribution is 5.37. The van der Waals surface area contributed by atoms with E-state index in [2.05, 4.69) is 37.8 Å². The Morgan fingerprint density at radius 3 is 2.57 bits per heavy atom. The summed E-state index contributed by atoms with van der Waals surface area (Å²) in [5.74, 6) is 0.492. The van der Waals surface area contributed by atoms with Crippen LogP contribution in [0.25, 0.3) is 0 Å². The Balaban J connectivity index is 1.72. The molecule has 1 aromatic carbocycles. The monoisotopic (exact) mass is 287 g/mol. The standard InChI is InChI=1S/C19H29NO/c1-14-10-15(2)18(16(3)11-14)13-20-9-8-19(21)7-5-4-6-17(19)12-20/h10-11,17,21H,4-9,12-13H2,1-3H3. The third-order valence-electron chi connectivity index (χ3n) is 5.73. The summed E-state index contributed by atoms with van der Waals surface area (Å²) >= 11 is 0.